The third-order valence-corrected chi connectivity index (χ3v) is 3.71. The molecule has 2 aromatic rings. The molecule has 23 heavy (non-hydrogen) atoms. The van der Waals surface area contributed by atoms with E-state index in [-0.39, 0.29) is 12.5 Å². The number of aryl methyl sites for hydroxylation is 1. The van der Waals surface area contributed by atoms with Crippen molar-refractivity contribution in [1.82, 2.24) is 5.32 Å². The average molecular weight is 313 g/mol. The Balaban J connectivity index is 1.68. The second kappa shape index (κ2) is 8.96. The lowest BCUT2D eigenvalue weighted by Gasteiger charge is -2.13. The van der Waals surface area contributed by atoms with Gasteiger partial charge in [0, 0.05) is 13.0 Å². The summed E-state index contributed by atoms with van der Waals surface area (Å²) in [7, 11) is 1.60. The van der Waals surface area contributed by atoms with Crippen LogP contribution in [0.1, 0.15) is 30.1 Å². The predicted octanol–water partition coefficient (Wildman–Crippen LogP) is 2.87. The molecule has 0 radical (unpaired) electrons. The second-order valence-electron chi connectivity index (χ2n) is 5.43. The van der Waals surface area contributed by atoms with Crippen LogP contribution in [0, 0.1) is 0 Å². The number of methoxy groups -OCH3 is 1. The number of rotatable bonds is 8. The molecule has 2 rings (SSSR count). The van der Waals surface area contributed by atoms with Gasteiger partial charge in [-0.3, -0.25) is 4.79 Å². The maximum atomic E-state index is 11.8. The summed E-state index contributed by atoms with van der Waals surface area (Å²) in [6.07, 6.45) is 1.44. The van der Waals surface area contributed by atoms with Crippen molar-refractivity contribution in [1.29, 1.82) is 0 Å². The summed E-state index contributed by atoms with van der Waals surface area (Å²) in [6.45, 7) is 0.219. The van der Waals surface area contributed by atoms with Gasteiger partial charge in [-0.1, -0.05) is 42.5 Å². The summed E-state index contributed by atoms with van der Waals surface area (Å²) < 4.78 is 5.08. The van der Waals surface area contributed by atoms with Crippen molar-refractivity contribution in [3.05, 3.63) is 65.7 Å². The van der Waals surface area contributed by atoms with E-state index in [1.165, 1.54) is 5.56 Å². The molecule has 0 saturated carbocycles. The summed E-state index contributed by atoms with van der Waals surface area (Å²) in [5.41, 5.74) is 1.99. The molecule has 0 spiro atoms. The molecule has 0 aromatic heterocycles. The van der Waals surface area contributed by atoms with E-state index in [1.54, 1.807) is 31.4 Å². The van der Waals surface area contributed by atoms with Crippen LogP contribution < -0.4 is 10.1 Å². The lowest BCUT2D eigenvalue weighted by molar-refractivity contribution is -0.121. The van der Waals surface area contributed by atoms with Gasteiger partial charge in [-0.05, 0) is 36.1 Å². The molecule has 2 N–H and O–H groups in total. The molecule has 0 saturated heterocycles. The molecule has 122 valence electrons. The quantitative estimate of drug-likeness (QED) is 0.788. The molecule has 0 heterocycles. The van der Waals surface area contributed by atoms with Crippen molar-refractivity contribution in [3.63, 3.8) is 0 Å². The summed E-state index contributed by atoms with van der Waals surface area (Å²) in [5.74, 6) is 0.708. The van der Waals surface area contributed by atoms with Crippen LogP contribution >= 0.6 is 0 Å². The van der Waals surface area contributed by atoms with Crippen molar-refractivity contribution in [3.8, 4) is 5.75 Å². The number of benzene rings is 2. The van der Waals surface area contributed by atoms with E-state index in [0.29, 0.717) is 6.42 Å². The molecular weight excluding hydrogens is 290 g/mol. The second-order valence-corrected chi connectivity index (χ2v) is 5.43. The van der Waals surface area contributed by atoms with Crippen LogP contribution in [0.25, 0.3) is 0 Å². The third-order valence-electron chi connectivity index (χ3n) is 3.71. The van der Waals surface area contributed by atoms with Crippen molar-refractivity contribution >= 4 is 5.91 Å². The largest absolute Gasteiger partial charge is 0.497 e. The van der Waals surface area contributed by atoms with Gasteiger partial charge in [-0.25, -0.2) is 0 Å². The van der Waals surface area contributed by atoms with Crippen LogP contribution in [0.15, 0.2) is 54.6 Å². The van der Waals surface area contributed by atoms with E-state index in [9.17, 15) is 9.90 Å². The fourth-order valence-electron chi connectivity index (χ4n) is 2.34. The van der Waals surface area contributed by atoms with Crippen molar-refractivity contribution in [2.75, 3.05) is 13.7 Å². The van der Waals surface area contributed by atoms with Gasteiger partial charge in [0.25, 0.3) is 0 Å². The third kappa shape index (κ3) is 5.75. The fourth-order valence-corrected chi connectivity index (χ4v) is 2.34. The Morgan fingerprint density at radius 3 is 2.48 bits per heavy atom. The highest BCUT2D eigenvalue weighted by Crippen LogP contribution is 2.17. The summed E-state index contributed by atoms with van der Waals surface area (Å²) in [5, 5.41) is 12.9. The first-order valence-electron chi connectivity index (χ1n) is 7.81. The van der Waals surface area contributed by atoms with Gasteiger partial charge in [0.05, 0.1) is 13.2 Å². The molecule has 0 bridgehead atoms. The number of aliphatic hydroxyl groups excluding tert-OH is 1. The standard InChI is InChI=1S/C19H23NO3/c1-23-17-12-10-16(11-13-17)18(21)14-20-19(22)9-5-8-15-6-3-2-4-7-15/h2-4,6-7,10-13,18,21H,5,8-9,14H2,1H3,(H,20,22). The van der Waals surface area contributed by atoms with Gasteiger partial charge in [0.1, 0.15) is 5.75 Å². The number of aliphatic hydroxyl groups is 1. The molecule has 1 amide bonds. The molecule has 0 aliphatic heterocycles. The molecule has 4 heteroatoms. The Labute approximate surface area is 137 Å². The molecule has 2 aromatic carbocycles. The van der Waals surface area contributed by atoms with Crippen LogP contribution in [0.2, 0.25) is 0 Å². The Morgan fingerprint density at radius 2 is 1.83 bits per heavy atom. The zero-order valence-corrected chi connectivity index (χ0v) is 13.4. The first kappa shape index (κ1) is 17.0. The van der Waals surface area contributed by atoms with E-state index in [4.69, 9.17) is 4.74 Å². The van der Waals surface area contributed by atoms with Gasteiger partial charge >= 0.3 is 0 Å². The first-order chi connectivity index (χ1) is 11.2. The van der Waals surface area contributed by atoms with E-state index >= 15 is 0 Å². The van der Waals surface area contributed by atoms with Gasteiger partial charge in [-0.2, -0.15) is 0 Å². The Bertz CT molecular complexity index is 596. The molecule has 1 unspecified atom stereocenters. The highest BCUT2D eigenvalue weighted by Gasteiger charge is 2.09. The summed E-state index contributed by atoms with van der Waals surface area (Å²) in [6, 6.07) is 17.3. The molecule has 0 fully saturated rings. The van der Waals surface area contributed by atoms with E-state index in [0.717, 1.165) is 24.2 Å². The molecule has 0 aliphatic rings. The minimum Gasteiger partial charge on any atom is -0.497 e. The predicted molar refractivity (Wildman–Crippen MR) is 90.3 cm³/mol. The zero-order valence-electron chi connectivity index (χ0n) is 13.4. The number of ether oxygens (including phenoxy) is 1. The molecular formula is C19H23NO3. The minimum absolute atomic E-state index is 0.0338. The normalized spacial score (nSPS) is 11.7. The van der Waals surface area contributed by atoms with Crippen molar-refractivity contribution in [2.24, 2.45) is 0 Å². The van der Waals surface area contributed by atoms with Gasteiger partial charge in [-0.15, -0.1) is 0 Å². The molecule has 4 nitrogen and oxygen atoms in total. The van der Waals surface area contributed by atoms with Crippen LogP contribution in [-0.2, 0) is 11.2 Å². The zero-order chi connectivity index (χ0) is 16.5. The van der Waals surface area contributed by atoms with Crippen molar-refractivity contribution < 1.29 is 14.6 Å². The summed E-state index contributed by atoms with van der Waals surface area (Å²) >= 11 is 0. The number of hydrogen-bond acceptors (Lipinski definition) is 3. The highest BCUT2D eigenvalue weighted by atomic mass is 16.5. The number of nitrogens with one attached hydrogen (secondary N) is 1. The van der Waals surface area contributed by atoms with E-state index < -0.39 is 6.10 Å². The van der Waals surface area contributed by atoms with Gasteiger partial charge in [0.15, 0.2) is 0 Å². The first-order valence-corrected chi connectivity index (χ1v) is 7.81. The molecule has 1 atom stereocenters. The van der Waals surface area contributed by atoms with Crippen LogP contribution in [0.4, 0.5) is 0 Å². The lowest BCUT2D eigenvalue weighted by Crippen LogP contribution is -2.28. The topological polar surface area (TPSA) is 58.6 Å². The Morgan fingerprint density at radius 1 is 1.13 bits per heavy atom. The highest BCUT2D eigenvalue weighted by molar-refractivity contribution is 5.75. The van der Waals surface area contributed by atoms with Crippen LogP contribution in [-0.4, -0.2) is 24.7 Å². The SMILES string of the molecule is COc1ccc(C(O)CNC(=O)CCCc2ccccc2)cc1. The van der Waals surface area contributed by atoms with Crippen LogP contribution in [0.3, 0.4) is 0 Å². The van der Waals surface area contributed by atoms with Crippen LogP contribution in [0.5, 0.6) is 5.75 Å². The monoisotopic (exact) mass is 313 g/mol. The number of hydrogen-bond donors (Lipinski definition) is 2. The number of carbonyl (C=O) groups is 1. The fraction of sp³-hybridized carbons (Fsp3) is 0.316. The van der Waals surface area contributed by atoms with Crippen molar-refractivity contribution in [2.45, 2.75) is 25.4 Å². The maximum absolute atomic E-state index is 11.8. The Hall–Kier alpha value is -2.33. The van der Waals surface area contributed by atoms with E-state index in [2.05, 4.69) is 17.4 Å². The Kier molecular flexibility index (Phi) is 6.63. The minimum atomic E-state index is -0.709. The average Bonchev–Trinajstić information content (AvgIpc) is 2.60. The maximum Gasteiger partial charge on any atom is 0.220 e. The number of carbonyl (C=O) groups excluding carboxylic acids is 1. The van der Waals surface area contributed by atoms with Gasteiger partial charge in [0.2, 0.25) is 5.91 Å². The molecule has 0 aliphatic carbocycles. The van der Waals surface area contributed by atoms with Gasteiger partial charge < -0.3 is 15.2 Å². The number of amides is 1. The van der Waals surface area contributed by atoms with E-state index in [1.807, 2.05) is 18.2 Å². The smallest absolute Gasteiger partial charge is 0.220 e. The summed E-state index contributed by atoms with van der Waals surface area (Å²) in [4.78, 5) is 11.8. The lowest BCUT2D eigenvalue weighted by atomic mass is 10.1.